The Balaban J connectivity index is 1.40. The van der Waals surface area contributed by atoms with E-state index in [9.17, 15) is 32.5 Å². The molecule has 2 heterocycles. The average molecular weight is 655 g/mol. The number of alkyl halides is 4. The first-order valence-corrected chi connectivity index (χ1v) is 15.0. The number of anilines is 1. The lowest BCUT2D eigenvalue weighted by atomic mass is 9.77. The Bertz CT molecular complexity index is 1710. The highest BCUT2D eigenvalue weighted by atomic mass is 19.3. The van der Waals surface area contributed by atoms with Gasteiger partial charge in [0.25, 0.3) is 11.6 Å². The number of amides is 1. The van der Waals surface area contributed by atoms with E-state index in [2.05, 4.69) is 9.47 Å². The van der Waals surface area contributed by atoms with Crippen molar-refractivity contribution in [2.45, 2.75) is 38.5 Å². The molecule has 1 saturated carbocycles. The molecule has 0 aromatic heterocycles. The Labute approximate surface area is 267 Å². The van der Waals surface area contributed by atoms with Gasteiger partial charge in [0, 0.05) is 30.6 Å². The first-order valence-electron chi connectivity index (χ1n) is 15.0. The summed E-state index contributed by atoms with van der Waals surface area (Å²) in [7, 11) is 0. The van der Waals surface area contributed by atoms with Gasteiger partial charge in [-0.1, -0.05) is 24.3 Å². The van der Waals surface area contributed by atoms with Crippen molar-refractivity contribution in [3.05, 3.63) is 99.1 Å². The molecule has 246 valence electrons. The number of hydrogen-bond donors (Lipinski definition) is 0. The van der Waals surface area contributed by atoms with E-state index in [1.807, 2.05) is 4.90 Å². The summed E-state index contributed by atoms with van der Waals surface area (Å²) in [5.74, 6) is -1.07. The molecule has 3 aromatic carbocycles. The molecule has 6 rings (SSSR count). The Hall–Kier alpha value is -4.98. The van der Waals surface area contributed by atoms with Crippen LogP contribution in [0.2, 0.25) is 0 Å². The number of fused-ring (bicyclic) bond motifs is 1. The summed E-state index contributed by atoms with van der Waals surface area (Å²) in [5.41, 5.74) is 2.59. The second-order valence-electron chi connectivity index (χ2n) is 11.2. The number of benzene rings is 3. The van der Waals surface area contributed by atoms with Crippen molar-refractivity contribution >= 4 is 29.1 Å². The van der Waals surface area contributed by atoms with Crippen LogP contribution in [0.4, 0.5) is 28.9 Å². The molecule has 0 unspecified atom stereocenters. The molecule has 2 fully saturated rings. The number of nitro groups is 1. The molecule has 0 bridgehead atoms. The summed E-state index contributed by atoms with van der Waals surface area (Å²) in [6, 6.07) is 15.8. The van der Waals surface area contributed by atoms with Crippen LogP contribution in [-0.2, 0) is 4.74 Å². The second-order valence-corrected chi connectivity index (χ2v) is 11.2. The van der Waals surface area contributed by atoms with E-state index in [1.165, 1.54) is 41.4 Å². The average Bonchev–Trinajstić information content (AvgIpc) is 3.45. The molecule has 0 radical (unpaired) electrons. The minimum Gasteiger partial charge on any atom is -0.435 e. The fourth-order valence-corrected chi connectivity index (χ4v) is 6.36. The number of rotatable bonds is 9. The molecule has 14 heteroatoms. The molecule has 1 saturated heterocycles. The molecular weight excluding hydrogens is 624 g/mol. The van der Waals surface area contributed by atoms with E-state index in [4.69, 9.17) is 9.84 Å². The third-order valence-corrected chi connectivity index (χ3v) is 8.33. The molecule has 47 heavy (non-hydrogen) atoms. The van der Waals surface area contributed by atoms with E-state index >= 15 is 0 Å². The smallest absolute Gasteiger partial charge is 0.387 e. The van der Waals surface area contributed by atoms with E-state index in [-0.39, 0.29) is 28.7 Å². The minimum atomic E-state index is -3.06. The van der Waals surface area contributed by atoms with Crippen molar-refractivity contribution in [1.82, 2.24) is 5.01 Å². The van der Waals surface area contributed by atoms with Gasteiger partial charge in [0.05, 0.1) is 29.9 Å². The minimum absolute atomic E-state index is 0.0114. The second kappa shape index (κ2) is 13.8. The van der Waals surface area contributed by atoms with E-state index < -0.39 is 30.1 Å². The first kappa shape index (κ1) is 32.0. The zero-order valence-corrected chi connectivity index (χ0v) is 24.9. The summed E-state index contributed by atoms with van der Waals surface area (Å²) in [4.78, 5) is 27.6. The van der Waals surface area contributed by atoms with Crippen molar-refractivity contribution in [2.24, 2.45) is 11.0 Å². The normalized spacial score (nSPS) is 20.4. The standard InChI is InChI=1S/C33H30F4N4O6/c34-32(35)46-24-7-1-4-20(17-24)16-21-5-3-9-26-29(21)38-40(30(26)22-6-2-8-25(18-22)47-33(36)37)31(42)23-10-11-27(28(19-23)41(43)44)39-12-14-45-15-13-39/h1-2,4,6-8,10-11,16-19,26,30,32-33H,3,5,9,12-15H2/b21-16+/t26-,30+/m1/s1. The largest absolute Gasteiger partial charge is 0.435 e. The van der Waals surface area contributed by atoms with Crippen LogP contribution >= 0.6 is 0 Å². The number of nitrogens with zero attached hydrogens (tertiary/aromatic N) is 4. The first-order chi connectivity index (χ1) is 22.7. The summed E-state index contributed by atoms with van der Waals surface area (Å²) >= 11 is 0. The third kappa shape index (κ3) is 7.07. The maximum atomic E-state index is 14.2. The fraction of sp³-hybridized carbons (Fsp3) is 0.333. The lowest BCUT2D eigenvalue weighted by Crippen LogP contribution is -2.36. The van der Waals surface area contributed by atoms with Crippen molar-refractivity contribution in [3.63, 3.8) is 0 Å². The summed E-state index contributed by atoms with van der Waals surface area (Å²) in [6.07, 6.45) is 3.69. The maximum absolute atomic E-state index is 14.2. The highest BCUT2D eigenvalue weighted by Gasteiger charge is 2.44. The number of ether oxygens (including phenoxy) is 3. The molecule has 2 atom stereocenters. The zero-order valence-electron chi connectivity index (χ0n) is 24.9. The van der Waals surface area contributed by atoms with Gasteiger partial charge in [-0.05, 0) is 78.4 Å². The van der Waals surface area contributed by atoms with Gasteiger partial charge in [0.15, 0.2) is 0 Å². The highest BCUT2D eigenvalue weighted by Crippen LogP contribution is 2.46. The van der Waals surface area contributed by atoms with Gasteiger partial charge in [-0.25, -0.2) is 5.01 Å². The summed E-state index contributed by atoms with van der Waals surface area (Å²) in [5, 5.41) is 18.2. The van der Waals surface area contributed by atoms with Gasteiger partial charge >= 0.3 is 13.2 Å². The molecule has 0 spiro atoms. The highest BCUT2D eigenvalue weighted by molar-refractivity contribution is 6.09. The lowest BCUT2D eigenvalue weighted by molar-refractivity contribution is -0.384. The molecule has 1 aliphatic carbocycles. The number of allylic oxidation sites excluding steroid dienone is 1. The Morgan fingerprint density at radius 1 is 0.979 bits per heavy atom. The Morgan fingerprint density at radius 2 is 1.68 bits per heavy atom. The monoisotopic (exact) mass is 654 g/mol. The number of morpholine rings is 1. The van der Waals surface area contributed by atoms with Crippen LogP contribution in [0.3, 0.4) is 0 Å². The molecule has 3 aromatic rings. The van der Waals surface area contributed by atoms with Crippen molar-refractivity contribution in [3.8, 4) is 11.5 Å². The van der Waals surface area contributed by atoms with E-state index in [0.29, 0.717) is 68.1 Å². The topological polar surface area (TPSA) is 107 Å². The van der Waals surface area contributed by atoms with Crippen LogP contribution < -0.4 is 14.4 Å². The van der Waals surface area contributed by atoms with E-state index in [0.717, 1.165) is 5.57 Å². The predicted molar refractivity (Wildman–Crippen MR) is 164 cm³/mol. The SMILES string of the molecule is O=C(c1ccc(N2CCOCC2)c([N+](=O)[O-])c1)N1N=C2/C(=C/c3cccc(OC(F)F)c3)CCC[C@H]2[C@@H]1c1cccc(OC(F)F)c1. The van der Waals surface area contributed by atoms with Gasteiger partial charge in [0.2, 0.25) is 0 Å². The molecule has 1 amide bonds. The van der Waals surface area contributed by atoms with Crippen molar-refractivity contribution in [2.75, 3.05) is 31.2 Å². The molecular formula is C33H30F4N4O6. The van der Waals surface area contributed by atoms with Crippen LogP contribution in [0.1, 0.15) is 46.8 Å². The fourth-order valence-electron chi connectivity index (χ4n) is 6.36. The van der Waals surface area contributed by atoms with Crippen molar-refractivity contribution in [1.29, 1.82) is 0 Å². The Kier molecular flexibility index (Phi) is 9.38. The zero-order chi connectivity index (χ0) is 33.1. The number of carbonyl (C=O) groups excluding carboxylic acids is 1. The number of halogens is 4. The number of hydrogen-bond acceptors (Lipinski definition) is 8. The maximum Gasteiger partial charge on any atom is 0.387 e. The van der Waals surface area contributed by atoms with Crippen LogP contribution in [0.25, 0.3) is 6.08 Å². The molecule has 2 aliphatic heterocycles. The summed E-state index contributed by atoms with van der Waals surface area (Å²) < 4.78 is 66.5. The number of nitro benzene ring substituents is 1. The van der Waals surface area contributed by atoms with Crippen LogP contribution in [0.15, 0.2) is 77.4 Å². The van der Waals surface area contributed by atoms with Crippen LogP contribution in [-0.4, -0.2) is 61.1 Å². The third-order valence-electron chi connectivity index (χ3n) is 8.33. The van der Waals surface area contributed by atoms with E-state index in [1.54, 1.807) is 36.4 Å². The van der Waals surface area contributed by atoms with Gasteiger partial charge in [0.1, 0.15) is 17.2 Å². The van der Waals surface area contributed by atoms with Crippen molar-refractivity contribution < 1.29 is 41.5 Å². The van der Waals surface area contributed by atoms with Gasteiger partial charge < -0.3 is 19.1 Å². The Morgan fingerprint density at radius 3 is 2.38 bits per heavy atom. The van der Waals surface area contributed by atoms with Crippen LogP contribution in [0, 0.1) is 16.0 Å². The quantitative estimate of drug-likeness (QED) is 0.138. The molecule has 3 aliphatic rings. The number of carbonyl (C=O) groups is 1. The molecule has 0 N–H and O–H groups in total. The summed E-state index contributed by atoms with van der Waals surface area (Å²) in [6.45, 7) is -4.29. The molecule has 10 nitrogen and oxygen atoms in total. The lowest BCUT2D eigenvalue weighted by Gasteiger charge is -2.30. The predicted octanol–water partition coefficient (Wildman–Crippen LogP) is 7.07. The van der Waals surface area contributed by atoms with Gasteiger partial charge in [-0.2, -0.15) is 22.7 Å². The van der Waals surface area contributed by atoms with Crippen LogP contribution in [0.5, 0.6) is 11.5 Å². The van der Waals surface area contributed by atoms with Gasteiger partial charge in [-0.15, -0.1) is 0 Å². The number of hydrazone groups is 1. The van der Waals surface area contributed by atoms with Gasteiger partial charge in [-0.3, -0.25) is 14.9 Å².